The zero-order valence-corrected chi connectivity index (χ0v) is 17.7. The zero-order valence-electron chi connectivity index (χ0n) is 17.7. The number of ether oxygens (including phenoxy) is 1. The largest absolute Gasteiger partial charge is 0.378 e. The lowest BCUT2D eigenvalue weighted by Gasteiger charge is -2.04. The summed E-state index contributed by atoms with van der Waals surface area (Å²) in [6.07, 6.45) is 29.3. The van der Waals surface area contributed by atoms with Gasteiger partial charge in [-0.25, -0.2) is 0 Å². The number of unbranched alkanes of at least 4 members (excludes halogenated alkanes) is 1. The minimum Gasteiger partial charge on any atom is -0.378 e. The maximum absolute atomic E-state index is 11.6. The van der Waals surface area contributed by atoms with Crippen molar-refractivity contribution in [1.29, 1.82) is 0 Å². The maximum Gasteiger partial charge on any atom is 0.220 e. The Morgan fingerprint density at radius 1 is 0.821 bits per heavy atom. The van der Waals surface area contributed by atoms with E-state index in [0.29, 0.717) is 32.7 Å². The first kappa shape index (κ1) is 26.1. The Hall–Kier alpha value is -1.91. The smallest absolute Gasteiger partial charge is 0.220 e. The van der Waals surface area contributed by atoms with Crippen LogP contribution in [0.2, 0.25) is 0 Å². The molecule has 0 atom stereocenters. The number of hydrogen-bond acceptors (Lipinski definition) is 3. The molecule has 0 aromatic rings. The van der Waals surface area contributed by atoms with Crippen LogP contribution >= 0.6 is 0 Å². The first-order valence-corrected chi connectivity index (χ1v) is 10.6. The van der Waals surface area contributed by atoms with E-state index in [0.717, 1.165) is 44.9 Å². The highest BCUT2D eigenvalue weighted by atomic mass is 16.5. The summed E-state index contributed by atoms with van der Waals surface area (Å²) in [4.78, 5) is 11.6. The Labute approximate surface area is 172 Å². The molecule has 0 saturated carbocycles. The molecule has 28 heavy (non-hydrogen) atoms. The van der Waals surface area contributed by atoms with Gasteiger partial charge in [0.05, 0.1) is 13.2 Å². The monoisotopic (exact) mass is 388 g/mol. The third-order valence-electron chi connectivity index (χ3n) is 3.76. The van der Waals surface area contributed by atoms with E-state index in [9.17, 15) is 4.79 Å². The number of hydrogen-bond donors (Lipinski definition) is 2. The molecule has 0 bridgehead atoms. The summed E-state index contributed by atoms with van der Waals surface area (Å²) in [6.45, 7) is 4.29. The lowest BCUT2D eigenvalue weighted by atomic mass is 10.2. The Kier molecular flexibility index (Phi) is 21.6. The average Bonchev–Trinajstić information content (AvgIpc) is 2.70. The van der Waals surface area contributed by atoms with Gasteiger partial charge in [-0.05, 0) is 44.9 Å². The van der Waals surface area contributed by atoms with E-state index < -0.39 is 0 Å². The second-order valence-electron chi connectivity index (χ2n) is 6.35. The van der Waals surface area contributed by atoms with Crippen LogP contribution in [0.25, 0.3) is 0 Å². The highest BCUT2D eigenvalue weighted by Gasteiger charge is 1.98. The van der Waals surface area contributed by atoms with Crippen molar-refractivity contribution >= 4 is 5.91 Å². The molecular formula is C24H40N2O2. The molecule has 4 heteroatoms. The molecule has 0 radical (unpaired) electrons. The van der Waals surface area contributed by atoms with E-state index in [4.69, 9.17) is 10.5 Å². The highest BCUT2D eigenvalue weighted by molar-refractivity contribution is 5.75. The summed E-state index contributed by atoms with van der Waals surface area (Å²) < 4.78 is 5.21. The second kappa shape index (κ2) is 23.1. The number of carbonyl (C=O) groups is 1. The van der Waals surface area contributed by atoms with Crippen molar-refractivity contribution in [2.75, 3.05) is 26.3 Å². The third-order valence-corrected chi connectivity index (χ3v) is 3.76. The molecule has 0 saturated heterocycles. The van der Waals surface area contributed by atoms with Gasteiger partial charge in [-0.15, -0.1) is 0 Å². The van der Waals surface area contributed by atoms with Crippen LogP contribution in [0.3, 0.4) is 0 Å². The molecule has 158 valence electrons. The molecule has 4 nitrogen and oxygen atoms in total. The minimum atomic E-state index is 0.0868. The average molecular weight is 389 g/mol. The second-order valence-corrected chi connectivity index (χ2v) is 6.35. The van der Waals surface area contributed by atoms with E-state index in [2.05, 4.69) is 73.0 Å². The van der Waals surface area contributed by atoms with Crippen LogP contribution in [-0.2, 0) is 9.53 Å². The topological polar surface area (TPSA) is 64.3 Å². The number of nitrogens with two attached hydrogens (primary N) is 1. The van der Waals surface area contributed by atoms with E-state index in [1.807, 2.05) is 0 Å². The number of rotatable bonds is 18. The Bertz CT molecular complexity index is 491. The number of allylic oxidation sites excluding steroid dienone is 10. The molecular weight excluding hydrogens is 348 g/mol. The van der Waals surface area contributed by atoms with E-state index in [-0.39, 0.29) is 5.91 Å². The van der Waals surface area contributed by atoms with Gasteiger partial charge >= 0.3 is 0 Å². The quantitative estimate of drug-likeness (QED) is 0.256. The van der Waals surface area contributed by atoms with Crippen LogP contribution in [0.1, 0.15) is 58.3 Å². The lowest BCUT2D eigenvalue weighted by Crippen LogP contribution is -2.27. The van der Waals surface area contributed by atoms with Crippen molar-refractivity contribution in [3.8, 4) is 0 Å². The summed E-state index contributed by atoms with van der Waals surface area (Å²) in [5.74, 6) is 0.0868. The van der Waals surface area contributed by atoms with Crippen LogP contribution in [0.4, 0.5) is 0 Å². The van der Waals surface area contributed by atoms with Crippen LogP contribution in [0.15, 0.2) is 60.8 Å². The minimum absolute atomic E-state index is 0.0868. The molecule has 0 aliphatic carbocycles. The fourth-order valence-electron chi connectivity index (χ4n) is 2.29. The van der Waals surface area contributed by atoms with Gasteiger partial charge in [0, 0.05) is 19.5 Å². The summed E-state index contributed by atoms with van der Waals surface area (Å²) in [6, 6.07) is 0. The fourth-order valence-corrected chi connectivity index (χ4v) is 2.29. The van der Waals surface area contributed by atoms with Crippen molar-refractivity contribution < 1.29 is 9.53 Å². The summed E-state index contributed by atoms with van der Waals surface area (Å²) in [7, 11) is 0. The predicted octanol–water partition coefficient (Wildman–Crippen LogP) is 5.00. The molecule has 1 amide bonds. The van der Waals surface area contributed by atoms with Gasteiger partial charge in [-0.1, -0.05) is 67.7 Å². The van der Waals surface area contributed by atoms with Gasteiger partial charge in [0.25, 0.3) is 0 Å². The van der Waals surface area contributed by atoms with Crippen LogP contribution in [0.5, 0.6) is 0 Å². The van der Waals surface area contributed by atoms with Crippen LogP contribution < -0.4 is 11.1 Å². The maximum atomic E-state index is 11.6. The normalized spacial score (nSPS) is 12.5. The van der Waals surface area contributed by atoms with E-state index in [1.165, 1.54) is 0 Å². The molecule has 0 unspecified atom stereocenters. The van der Waals surface area contributed by atoms with Crippen molar-refractivity contribution in [3.63, 3.8) is 0 Å². The molecule has 0 spiro atoms. The predicted molar refractivity (Wildman–Crippen MR) is 121 cm³/mol. The van der Waals surface area contributed by atoms with E-state index in [1.54, 1.807) is 0 Å². The number of carbonyl (C=O) groups excluding carboxylic acids is 1. The van der Waals surface area contributed by atoms with Gasteiger partial charge in [-0.2, -0.15) is 0 Å². The summed E-state index contributed by atoms with van der Waals surface area (Å²) >= 11 is 0. The van der Waals surface area contributed by atoms with Crippen molar-refractivity contribution in [1.82, 2.24) is 5.32 Å². The van der Waals surface area contributed by atoms with Crippen molar-refractivity contribution in [3.05, 3.63) is 60.8 Å². The van der Waals surface area contributed by atoms with Crippen molar-refractivity contribution in [2.24, 2.45) is 5.73 Å². The molecule has 3 N–H and O–H groups in total. The third kappa shape index (κ3) is 22.1. The molecule has 0 fully saturated rings. The van der Waals surface area contributed by atoms with E-state index >= 15 is 0 Å². The Balaban J connectivity index is 3.47. The molecule has 0 heterocycles. The lowest BCUT2D eigenvalue weighted by molar-refractivity contribution is -0.121. The molecule has 0 rings (SSSR count). The van der Waals surface area contributed by atoms with Crippen LogP contribution in [0, 0.1) is 0 Å². The standard InChI is InChI=1S/C24H40N2O2/c1-2-3-4-5-6-7-8-9-10-11-12-13-14-15-16-17-18-19-24(27)26-21-23-28-22-20-25/h3-4,6-7,9-10,12-13,15-16H,2,5,8,11,14,17-23,25H2,1H3,(H,26,27). The number of amides is 1. The molecule has 0 aliphatic heterocycles. The van der Waals surface area contributed by atoms with Crippen molar-refractivity contribution in [2.45, 2.75) is 58.3 Å². The van der Waals surface area contributed by atoms with Gasteiger partial charge < -0.3 is 15.8 Å². The molecule has 0 aromatic heterocycles. The van der Waals surface area contributed by atoms with Gasteiger partial charge in [-0.3, -0.25) is 4.79 Å². The van der Waals surface area contributed by atoms with Gasteiger partial charge in [0.15, 0.2) is 0 Å². The fraction of sp³-hybridized carbons (Fsp3) is 0.542. The van der Waals surface area contributed by atoms with Gasteiger partial charge in [0.2, 0.25) is 5.91 Å². The molecule has 0 aliphatic rings. The number of nitrogens with one attached hydrogen (secondary N) is 1. The zero-order chi connectivity index (χ0) is 20.5. The van der Waals surface area contributed by atoms with Gasteiger partial charge in [0.1, 0.15) is 0 Å². The highest BCUT2D eigenvalue weighted by Crippen LogP contribution is 1.99. The summed E-state index contributed by atoms with van der Waals surface area (Å²) in [5.41, 5.74) is 5.32. The molecule has 0 aromatic carbocycles. The Morgan fingerprint density at radius 3 is 1.89 bits per heavy atom. The first-order chi connectivity index (χ1) is 13.8. The Morgan fingerprint density at radius 2 is 1.36 bits per heavy atom. The van der Waals surface area contributed by atoms with Crippen LogP contribution in [-0.4, -0.2) is 32.2 Å². The SMILES string of the molecule is CCC=CCC=CCC=CCC=CCC=CCCCC(=O)NCCOCCN. The first-order valence-electron chi connectivity index (χ1n) is 10.6. The summed E-state index contributed by atoms with van der Waals surface area (Å²) in [5, 5.41) is 2.84.